The van der Waals surface area contributed by atoms with Gasteiger partial charge in [-0.2, -0.15) is 0 Å². The first-order chi connectivity index (χ1) is 10.7. The zero-order chi connectivity index (χ0) is 15.8. The van der Waals surface area contributed by atoms with E-state index in [1.54, 1.807) is 13.2 Å². The zero-order valence-electron chi connectivity index (χ0n) is 12.4. The smallest absolute Gasteiger partial charge is 0.332 e. The molecular weight excluding hydrogens is 298 g/mol. The van der Waals surface area contributed by atoms with Gasteiger partial charge in [-0.25, -0.2) is 4.79 Å². The Labute approximate surface area is 134 Å². The van der Waals surface area contributed by atoms with Crippen molar-refractivity contribution in [1.82, 2.24) is 5.32 Å². The normalized spacial score (nSPS) is 11.4. The number of ether oxygens (including phenoxy) is 1. The van der Waals surface area contributed by atoms with Crippen LogP contribution in [-0.2, 0) is 11.2 Å². The van der Waals surface area contributed by atoms with E-state index in [-0.39, 0.29) is 0 Å². The SMILES string of the molecule is COc1cccc(CCNCC(=Cc2cccs2)C(=O)O)c1. The van der Waals surface area contributed by atoms with Crippen LogP contribution >= 0.6 is 11.3 Å². The summed E-state index contributed by atoms with van der Waals surface area (Å²) in [5.41, 5.74) is 1.53. The van der Waals surface area contributed by atoms with Crippen molar-refractivity contribution in [3.63, 3.8) is 0 Å². The summed E-state index contributed by atoms with van der Waals surface area (Å²) in [5.74, 6) is -0.0522. The molecule has 0 aliphatic carbocycles. The molecule has 0 saturated heterocycles. The second-order valence-electron chi connectivity index (χ2n) is 4.77. The maximum atomic E-state index is 11.3. The number of carbonyl (C=O) groups is 1. The Hall–Kier alpha value is -2.11. The summed E-state index contributed by atoms with van der Waals surface area (Å²) in [7, 11) is 1.64. The number of carboxylic acids is 1. The largest absolute Gasteiger partial charge is 0.497 e. The molecule has 5 heteroatoms. The van der Waals surface area contributed by atoms with Crippen LogP contribution in [-0.4, -0.2) is 31.3 Å². The molecule has 2 rings (SSSR count). The van der Waals surface area contributed by atoms with Crippen molar-refractivity contribution >= 4 is 23.4 Å². The van der Waals surface area contributed by atoms with E-state index in [0.717, 1.165) is 22.6 Å². The van der Waals surface area contributed by atoms with Crippen molar-refractivity contribution in [3.05, 3.63) is 57.8 Å². The molecule has 0 unspecified atom stereocenters. The molecule has 2 aromatic rings. The summed E-state index contributed by atoms with van der Waals surface area (Å²) in [6.07, 6.45) is 2.54. The van der Waals surface area contributed by atoms with Crippen LogP contribution in [0.1, 0.15) is 10.4 Å². The molecule has 0 saturated carbocycles. The minimum absolute atomic E-state index is 0.344. The lowest BCUT2D eigenvalue weighted by Crippen LogP contribution is -2.23. The van der Waals surface area contributed by atoms with Gasteiger partial charge in [0.1, 0.15) is 5.75 Å². The highest BCUT2D eigenvalue weighted by molar-refractivity contribution is 7.10. The van der Waals surface area contributed by atoms with Crippen LogP contribution in [0.3, 0.4) is 0 Å². The lowest BCUT2D eigenvalue weighted by molar-refractivity contribution is -0.132. The third-order valence-electron chi connectivity index (χ3n) is 3.17. The van der Waals surface area contributed by atoms with Gasteiger partial charge in [0.2, 0.25) is 0 Å². The highest BCUT2D eigenvalue weighted by Gasteiger charge is 2.07. The molecule has 0 bridgehead atoms. The summed E-state index contributed by atoms with van der Waals surface area (Å²) >= 11 is 1.53. The van der Waals surface area contributed by atoms with Gasteiger partial charge in [-0.1, -0.05) is 18.2 Å². The summed E-state index contributed by atoms with van der Waals surface area (Å²) in [6, 6.07) is 11.7. The standard InChI is InChI=1S/C17H19NO3S/c1-21-15-5-2-4-13(10-15)7-8-18-12-14(17(19)20)11-16-6-3-9-22-16/h2-6,9-11,18H,7-8,12H2,1H3,(H,19,20). The first-order valence-electron chi connectivity index (χ1n) is 7.00. The molecule has 0 amide bonds. The Balaban J connectivity index is 1.84. The molecule has 1 aromatic carbocycles. The van der Waals surface area contributed by atoms with E-state index in [2.05, 4.69) is 5.32 Å². The number of nitrogens with one attached hydrogen (secondary N) is 1. The maximum absolute atomic E-state index is 11.3. The van der Waals surface area contributed by atoms with Crippen molar-refractivity contribution in [1.29, 1.82) is 0 Å². The molecule has 0 fully saturated rings. The third kappa shape index (κ3) is 5.02. The Morgan fingerprint density at radius 3 is 2.91 bits per heavy atom. The monoisotopic (exact) mass is 317 g/mol. The second-order valence-corrected chi connectivity index (χ2v) is 5.75. The van der Waals surface area contributed by atoms with Crippen LogP contribution in [0.2, 0.25) is 0 Å². The fraction of sp³-hybridized carbons (Fsp3) is 0.235. The van der Waals surface area contributed by atoms with Crippen molar-refractivity contribution in [2.75, 3.05) is 20.2 Å². The fourth-order valence-corrected chi connectivity index (χ4v) is 2.70. The molecule has 0 aliphatic rings. The average molecular weight is 317 g/mol. The number of rotatable bonds is 8. The highest BCUT2D eigenvalue weighted by atomic mass is 32.1. The van der Waals surface area contributed by atoms with E-state index >= 15 is 0 Å². The number of hydrogen-bond donors (Lipinski definition) is 2. The number of methoxy groups -OCH3 is 1. The Morgan fingerprint density at radius 2 is 2.23 bits per heavy atom. The van der Waals surface area contributed by atoms with Gasteiger partial charge in [0.25, 0.3) is 0 Å². The summed E-state index contributed by atoms with van der Waals surface area (Å²) in [6.45, 7) is 1.05. The molecule has 0 aliphatic heterocycles. The quantitative estimate of drug-likeness (QED) is 0.580. The number of carboxylic acid groups (broad SMARTS) is 1. The van der Waals surface area contributed by atoms with Crippen LogP contribution in [0.25, 0.3) is 6.08 Å². The van der Waals surface area contributed by atoms with Crippen LogP contribution in [0, 0.1) is 0 Å². The van der Waals surface area contributed by atoms with Gasteiger partial charge >= 0.3 is 5.97 Å². The Bertz CT molecular complexity index is 635. The van der Waals surface area contributed by atoms with Crippen molar-refractivity contribution in [3.8, 4) is 5.75 Å². The van der Waals surface area contributed by atoms with Gasteiger partial charge in [0.15, 0.2) is 0 Å². The van der Waals surface area contributed by atoms with E-state index in [1.807, 2.05) is 41.8 Å². The number of thiophene rings is 1. The van der Waals surface area contributed by atoms with Crippen molar-refractivity contribution in [2.24, 2.45) is 0 Å². The zero-order valence-corrected chi connectivity index (χ0v) is 13.2. The molecule has 0 spiro atoms. The van der Waals surface area contributed by atoms with Crippen LogP contribution < -0.4 is 10.1 Å². The number of aliphatic carboxylic acids is 1. The van der Waals surface area contributed by atoms with Crippen LogP contribution in [0.15, 0.2) is 47.4 Å². The average Bonchev–Trinajstić information content (AvgIpc) is 3.03. The lowest BCUT2D eigenvalue weighted by atomic mass is 10.1. The van der Waals surface area contributed by atoms with Gasteiger partial charge in [0, 0.05) is 11.4 Å². The van der Waals surface area contributed by atoms with E-state index < -0.39 is 5.97 Å². The van der Waals surface area contributed by atoms with Gasteiger partial charge in [-0.3, -0.25) is 0 Å². The Morgan fingerprint density at radius 1 is 1.36 bits per heavy atom. The molecular formula is C17H19NO3S. The van der Waals surface area contributed by atoms with Gasteiger partial charge < -0.3 is 15.2 Å². The van der Waals surface area contributed by atoms with Gasteiger partial charge in [-0.15, -0.1) is 11.3 Å². The van der Waals surface area contributed by atoms with Crippen molar-refractivity contribution in [2.45, 2.75) is 6.42 Å². The molecule has 0 radical (unpaired) electrons. The maximum Gasteiger partial charge on any atom is 0.332 e. The van der Waals surface area contributed by atoms with E-state index in [9.17, 15) is 9.90 Å². The topological polar surface area (TPSA) is 58.6 Å². The third-order valence-corrected chi connectivity index (χ3v) is 3.99. The predicted octanol–water partition coefficient (Wildman–Crippen LogP) is 3.06. The van der Waals surface area contributed by atoms with Gasteiger partial charge in [-0.05, 0) is 48.2 Å². The first-order valence-corrected chi connectivity index (χ1v) is 7.88. The predicted molar refractivity (Wildman–Crippen MR) is 89.5 cm³/mol. The summed E-state index contributed by atoms with van der Waals surface area (Å²) in [5, 5.41) is 14.3. The second kappa shape index (κ2) is 8.36. The minimum Gasteiger partial charge on any atom is -0.497 e. The summed E-state index contributed by atoms with van der Waals surface area (Å²) in [4.78, 5) is 12.2. The molecule has 4 nitrogen and oxygen atoms in total. The molecule has 1 aromatic heterocycles. The van der Waals surface area contributed by atoms with Crippen molar-refractivity contribution < 1.29 is 14.6 Å². The van der Waals surface area contributed by atoms with E-state index in [4.69, 9.17) is 4.74 Å². The number of benzene rings is 1. The minimum atomic E-state index is -0.887. The van der Waals surface area contributed by atoms with E-state index in [1.165, 1.54) is 11.3 Å². The van der Waals surface area contributed by atoms with Crippen LogP contribution in [0.4, 0.5) is 0 Å². The van der Waals surface area contributed by atoms with E-state index in [0.29, 0.717) is 18.7 Å². The van der Waals surface area contributed by atoms with Crippen LogP contribution in [0.5, 0.6) is 5.75 Å². The first kappa shape index (κ1) is 16.3. The molecule has 2 N–H and O–H groups in total. The highest BCUT2D eigenvalue weighted by Crippen LogP contribution is 2.14. The molecule has 116 valence electrons. The molecule has 1 heterocycles. The van der Waals surface area contributed by atoms with Gasteiger partial charge in [0.05, 0.1) is 12.7 Å². The lowest BCUT2D eigenvalue weighted by Gasteiger charge is -2.07. The number of hydrogen-bond acceptors (Lipinski definition) is 4. The molecule has 0 atom stereocenters. The fourth-order valence-electron chi connectivity index (χ4n) is 2.02. The molecule has 22 heavy (non-hydrogen) atoms. The summed E-state index contributed by atoms with van der Waals surface area (Å²) < 4.78 is 5.18. The Kier molecular flexibility index (Phi) is 6.18.